The summed E-state index contributed by atoms with van der Waals surface area (Å²) in [6, 6.07) is 7.03. The molecule has 0 aromatic heterocycles. The van der Waals surface area contributed by atoms with Crippen LogP contribution in [0.5, 0.6) is 0 Å². The van der Waals surface area contributed by atoms with Crippen molar-refractivity contribution in [3.8, 4) is 0 Å². The SMILES string of the molecule is CCc1cc(N2CCOCC2)ccc1CC(C)CC. The highest BCUT2D eigenvalue weighted by Gasteiger charge is 2.13. The minimum absolute atomic E-state index is 0.777. The number of morpholine rings is 1. The molecule has 2 nitrogen and oxygen atoms in total. The largest absolute Gasteiger partial charge is 0.378 e. The fraction of sp³-hybridized carbons (Fsp3) is 0.647. The van der Waals surface area contributed by atoms with Gasteiger partial charge < -0.3 is 9.64 Å². The average Bonchev–Trinajstić information content (AvgIpc) is 2.48. The summed E-state index contributed by atoms with van der Waals surface area (Å²) in [6.07, 6.45) is 3.60. The Bertz CT molecular complexity index is 396. The number of anilines is 1. The van der Waals surface area contributed by atoms with E-state index < -0.39 is 0 Å². The number of hydrogen-bond acceptors (Lipinski definition) is 2. The van der Waals surface area contributed by atoms with Crippen LogP contribution in [0.25, 0.3) is 0 Å². The zero-order valence-corrected chi connectivity index (χ0v) is 12.6. The average molecular weight is 261 g/mol. The molecule has 19 heavy (non-hydrogen) atoms. The van der Waals surface area contributed by atoms with Gasteiger partial charge in [-0.25, -0.2) is 0 Å². The van der Waals surface area contributed by atoms with E-state index in [-0.39, 0.29) is 0 Å². The lowest BCUT2D eigenvalue weighted by Gasteiger charge is -2.29. The van der Waals surface area contributed by atoms with E-state index in [1.165, 1.54) is 29.7 Å². The first-order chi connectivity index (χ1) is 9.24. The molecular weight excluding hydrogens is 234 g/mol. The van der Waals surface area contributed by atoms with Crippen LogP contribution in [-0.2, 0) is 17.6 Å². The van der Waals surface area contributed by atoms with Crippen LogP contribution < -0.4 is 4.90 Å². The smallest absolute Gasteiger partial charge is 0.0642 e. The van der Waals surface area contributed by atoms with Crippen LogP contribution in [0.2, 0.25) is 0 Å². The molecule has 0 amide bonds. The van der Waals surface area contributed by atoms with E-state index in [0.29, 0.717) is 0 Å². The van der Waals surface area contributed by atoms with Gasteiger partial charge in [-0.15, -0.1) is 0 Å². The molecule has 2 rings (SSSR count). The molecule has 1 saturated heterocycles. The molecule has 1 atom stereocenters. The highest BCUT2D eigenvalue weighted by molar-refractivity contribution is 5.51. The summed E-state index contributed by atoms with van der Waals surface area (Å²) in [7, 11) is 0. The highest BCUT2D eigenvalue weighted by atomic mass is 16.5. The third-order valence-corrected chi connectivity index (χ3v) is 4.21. The van der Waals surface area contributed by atoms with Gasteiger partial charge in [0.2, 0.25) is 0 Å². The van der Waals surface area contributed by atoms with Crippen molar-refractivity contribution in [2.45, 2.75) is 40.0 Å². The summed E-state index contributed by atoms with van der Waals surface area (Å²) in [5.74, 6) is 0.777. The van der Waals surface area contributed by atoms with E-state index in [0.717, 1.165) is 38.6 Å². The molecule has 2 heteroatoms. The molecule has 0 spiro atoms. The number of benzene rings is 1. The molecule has 0 aliphatic carbocycles. The van der Waals surface area contributed by atoms with E-state index >= 15 is 0 Å². The van der Waals surface area contributed by atoms with Crippen LogP contribution in [0.4, 0.5) is 5.69 Å². The first kappa shape index (κ1) is 14.4. The van der Waals surface area contributed by atoms with Crippen molar-refractivity contribution in [1.29, 1.82) is 0 Å². The second-order valence-electron chi connectivity index (χ2n) is 5.62. The fourth-order valence-electron chi connectivity index (χ4n) is 2.68. The van der Waals surface area contributed by atoms with Crippen LogP contribution in [0.1, 0.15) is 38.3 Å². The zero-order chi connectivity index (χ0) is 13.7. The van der Waals surface area contributed by atoms with Gasteiger partial charge in [0.1, 0.15) is 0 Å². The molecule has 1 fully saturated rings. The quantitative estimate of drug-likeness (QED) is 0.802. The van der Waals surface area contributed by atoms with Gasteiger partial charge in [0.25, 0.3) is 0 Å². The Morgan fingerprint density at radius 1 is 1.16 bits per heavy atom. The maximum absolute atomic E-state index is 5.43. The summed E-state index contributed by atoms with van der Waals surface area (Å²) < 4.78 is 5.43. The standard InChI is InChI=1S/C17H27NO/c1-4-14(3)12-16-6-7-17(13-15(16)5-2)18-8-10-19-11-9-18/h6-7,13-14H,4-5,8-12H2,1-3H3. The van der Waals surface area contributed by atoms with Crippen molar-refractivity contribution in [1.82, 2.24) is 0 Å². The zero-order valence-electron chi connectivity index (χ0n) is 12.6. The maximum atomic E-state index is 5.43. The lowest BCUT2D eigenvalue weighted by molar-refractivity contribution is 0.122. The molecule has 106 valence electrons. The fourth-order valence-corrected chi connectivity index (χ4v) is 2.68. The van der Waals surface area contributed by atoms with Crippen molar-refractivity contribution < 1.29 is 4.74 Å². The van der Waals surface area contributed by atoms with E-state index in [1.54, 1.807) is 0 Å². The predicted octanol–water partition coefficient (Wildman–Crippen LogP) is 3.67. The molecule has 1 heterocycles. The Morgan fingerprint density at radius 3 is 2.53 bits per heavy atom. The van der Waals surface area contributed by atoms with Gasteiger partial charge in [0.15, 0.2) is 0 Å². The molecule has 1 aromatic carbocycles. The number of rotatable bonds is 5. The van der Waals surface area contributed by atoms with Crippen LogP contribution in [-0.4, -0.2) is 26.3 Å². The van der Waals surface area contributed by atoms with Crippen LogP contribution in [0.3, 0.4) is 0 Å². The second kappa shape index (κ2) is 6.95. The highest BCUT2D eigenvalue weighted by Crippen LogP contribution is 2.23. The van der Waals surface area contributed by atoms with Crippen LogP contribution in [0, 0.1) is 5.92 Å². The molecule has 1 unspecified atom stereocenters. The van der Waals surface area contributed by atoms with Gasteiger partial charge in [-0.1, -0.05) is 33.3 Å². The molecule has 0 bridgehead atoms. The molecule has 1 aliphatic heterocycles. The van der Waals surface area contributed by atoms with Crippen molar-refractivity contribution in [3.05, 3.63) is 29.3 Å². The minimum Gasteiger partial charge on any atom is -0.378 e. The molecule has 0 N–H and O–H groups in total. The summed E-state index contributed by atoms with van der Waals surface area (Å²) in [4.78, 5) is 2.44. The molecule has 0 saturated carbocycles. The normalized spacial score (nSPS) is 17.5. The first-order valence-corrected chi connectivity index (χ1v) is 7.69. The molecule has 0 radical (unpaired) electrons. The topological polar surface area (TPSA) is 12.5 Å². The van der Waals surface area contributed by atoms with Gasteiger partial charge >= 0.3 is 0 Å². The number of aryl methyl sites for hydroxylation is 1. The lowest BCUT2D eigenvalue weighted by Crippen LogP contribution is -2.36. The minimum atomic E-state index is 0.777. The van der Waals surface area contributed by atoms with Gasteiger partial charge in [-0.05, 0) is 42.0 Å². The van der Waals surface area contributed by atoms with Crippen LogP contribution >= 0.6 is 0 Å². The lowest BCUT2D eigenvalue weighted by atomic mass is 9.93. The van der Waals surface area contributed by atoms with Crippen molar-refractivity contribution >= 4 is 5.69 Å². The monoisotopic (exact) mass is 261 g/mol. The molecule has 1 aromatic rings. The Labute approximate surface area is 117 Å². The Balaban J connectivity index is 2.15. The van der Waals surface area contributed by atoms with Gasteiger partial charge in [0, 0.05) is 18.8 Å². The summed E-state index contributed by atoms with van der Waals surface area (Å²) in [6.45, 7) is 10.6. The maximum Gasteiger partial charge on any atom is 0.0642 e. The van der Waals surface area contributed by atoms with Gasteiger partial charge in [0.05, 0.1) is 13.2 Å². The molecule has 1 aliphatic rings. The van der Waals surface area contributed by atoms with E-state index in [9.17, 15) is 0 Å². The van der Waals surface area contributed by atoms with Crippen LogP contribution in [0.15, 0.2) is 18.2 Å². The Morgan fingerprint density at radius 2 is 1.89 bits per heavy atom. The third-order valence-electron chi connectivity index (χ3n) is 4.21. The predicted molar refractivity (Wildman–Crippen MR) is 82.0 cm³/mol. The van der Waals surface area contributed by atoms with E-state index in [2.05, 4.69) is 43.9 Å². The van der Waals surface area contributed by atoms with E-state index in [4.69, 9.17) is 4.74 Å². The van der Waals surface area contributed by atoms with Gasteiger partial charge in [-0.2, -0.15) is 0 Å². The van der Waals surface area contributed by atoms with Crippen molar-refractivity contribution in [3.63, 3.8) is 0 Å². The Kier molecular flexibility index (Phi) is 5.26. The summed E-state index contributed by atoms with van der Waals surface area (Å²) in [5.41, 5.74) is 4.42. The third kappa shape index (κ3) is 3.73. The molecular formula is C17H27NO. The van der Waals surface area contributed by atoms with E-state index in [1.807, 2.05) is 0 Å². The first-order valence-electron chi connectivity index (χ1n) is 7.69. The number of nitrogens with zero attached hydrogens (tertiary/aromatic N) is 1. The Hall–Kier alpha value is -1.02. The van der Waals surface area contributed by atoms with Gasteiger partial charge in [-0.3, -0.25) is 0 Å². The number of ether oxygens (including phenoxy) is 1. The second-order valence-corrected chi connectivity index (χ2v) is 5.62. The van der Waals surface area contributed by atoms with Crippen molar-refractivity contribution in [2.24, 2.45) is 5.92 Å². The summed E-state index contributed by atoms with van der Waals surface area (Å²) >= 11 is 0. The summed E-state index contributed by atoms with van der Waals surface area (Å²) in [5, 5.41) is 0. The number of hydrogen-bond donors (Lipinski definition) is 0. The van der Waals surface area contributed by atoms with Crippen molar-refractivity contribution in [2.75, 3.05) is 31.2 Å².